The Morgan fingerprint density at radius 3 is 2.21 bits per heavy atom. The lowest BCUT2D eigenvalue weighted by atomic mass is 10.1. The van der Waals surface area contributed by atoms with Crippen molar-refractivity contribution >= 4 is 29.0 Å². The van der Waals surface area contributed by atoms with Crippen LogP contribution >= 0.6 is 0 Å². The second kappa shape index (κ2) is 9.22. The SMILES string of the molecule is CCC(=O)c1ccc(OCC(=O)Nc2ccc(NC(C)=O)cc2C(F)(F)F)cc1. The predicted octanol–water partition coefficient (Wildman–Crippen LogP) is 4.27. The molecule has 0 spiro atoms. The molecule has 29 heavy (non-hydrogen) atoms. The lowest BCUT2D eigenvalue weighted by Crippen LogP contribution is -2.22. The van der Waals surface area contributed by atoms with Crippen molar-refractivity contribution in [2.24, 2.45) is 0 Å². The summed E-state index contributed by atoms with van der Waals surface area (Å²) < 4.78 is 45.1. The van der Waals surface area contributed by atoms with Crippen molar-refractivity contribution in [2.75, 3.05) is 17.2 Å². The fourth-order valence-electron chi connectivity index (χ4n) is 2.45. The molecule has 0 saturated carbocycles. The van der Waals surface area contributed by atoms with Gasteiger partial charge >= 0.3 is 6.18 Å². The summed E-state index contributed by atoms with van der Waals surface area (Å²) in [5.74, 6) is -1.06. The molecule has 6 nitrogen and oxygen atoms in total. The van der Waals surface area contributed by atoms with Gasteiger partial charge in [-0.25, -0.2) is 0 Å². The van der Waals surface area contributed by atoms with Crippen LogP contribution in [0.2, 0.25) is 0 Å². The first-order valence-electron chi connectivity index (χ1n) is 8.65. The number of amides is 2. The van der Waals surface area contributed by atoms with Gasteiger partial charge in [-0.1, -0.05) is 6.92 Å². The summed E-state index contributed by atoms with van der Waals surface area (Å²) in [5, 5.41) is 4.42. The minimum atomic E-state index is -4.74. The topological polar surface area (TPSA) is 84.5 Å². The van der Waals surface area contributed by atoms with Crippen LogP contribution in [0.15, 0.2) is 42.5 Å². The second-order valence-electron chi connectivity index (χ2n) is 6.08. The molecule has 0 aromatic heterocycles. The van der Waals surface area contributed by atoms with Gasteiger partial charge in [0.15, 0.2) is 12.4 Å². The maximum absolute atomic E-state index is 13.3. The number of Topliss-reactive ketones (excluding diaryl/α,β-unsaturated/α-hetero) is 1. The first kappa shape index (κ1) is 21.9. The highest BCUT2D eigenvalue weighted by molar-refractivity contribution is 5.96. The highest BCUT2D eigenvalue weighted by Gasteiger charge is 2.34. The molecule has 0 aliphatic rings. The molecule has 2 aromatic rings. The number of ketones is 1. The van der Waals surface area contributed by atoms with Gasteiger partial charge in [0.05, 0.1) is 11.3 Å². The van der Waals surface area contributed by atoms with Crippen molar-refractivity contribution in [3.63, 3.8) is 0 Å². The number of hydrogen-bond acceptors (Lipinski definition) is 4. The van der Waals surface area contributed by atoms with E-state index in [0.717, 1.165) is 12.1 Å². The summed E-state index contributed by atoms with van der Waals surface area (Å²) in [5.41, 5.74) is -1.09. The largest absolute Gasteiger partial charge is 0.484 e. The van der Waals surface area contributed by atoms with Crippen molar-refractivity contribution in [3.8, 4) is 5.75 Å². The highest BCUT2D eigenvalue weighted by atomic mass is 19.4. The van der Waals surface area contributed by atoms with E-state index in [1.165, 1.54) is 25.1 Å². The van der Waals surface area contributed by atoms with Crippen molar-refractivity contribution < 1.29 is 32.3 Å². The lowest BCUT2D eigenvalue weighted by molar-refractivity contribution is -0.137. The van der Waals surface area contributed by atoms with E-state index in [4.69, 9.17) is 4.74 Å². The normalized spacial score (nSPS) is 10.9. The Hall–Kier alpha value is -3.36. The molecule has 2 rings (SSSR count). The zero-order chi connectivity index (χ0) is 21.6. The molecule has 0 bridgehead atoms. The molecule has 9 heteroatoms. The van der Waals surface area contributed by atoms with E-state index >= 15 is 0 Å². The third-order valence-corrected chi connectivity index (χ3v) is 3.79. The van der Waals surface area contributed by atoms with Crippen molar-refractivity contribution in [1.82, 2.24) is 0 Å². The van der Waals surface area contributed by atoms with Gasteiger partial charge < -0.3 is 15.4 Å². The summed E-state index contributed by atoms with van der Waals surface area (Å²) in [6.07, 6.45) is -4.38. The Morgan fingerprint density at radius 2 is 1.66 bits per heavy atom. The van der Waals surface area contributed by atoms with Gasteiger partial charge in [-0.15, -0.1) is 0 Å². The molecular weight excluding hydrogens is 389 g/mol. The maximum Gasteiger partial charge on any atom is 0.418 e. The van der Waals surface area contributed by atoms with Gasteiger partial charge in [-0.05, 0) is 42.5 Å². The number of benzene rings is 2. The molecule has 0 aliphatic carbocycles. The average molecular weight is 408 g/mol. The minimum absolute atomic E-state index is 0.0409. The van der Waals surface area contributed by atoms with Gasteiger partial charge in [0.25, 0.3) is 5.91 Å². The van der Waals surface area contributed by atoms with Crippen LogP contribution in [-0.2, 0) is 15.8 Å². The number of nitrogens with one attached hydrogen (secondary N) is 2. The molecule has 2 N–H and O–H groups in total. The number of halogens is 3. The van der Waals surface area contributed by atoms with E-state index in [-0.39, 0.29) is 11.5 Å². The molecule has 2 aromatic carbocycles. The summed E-state index contributed by atoms with van der Waals surface area (Å²) in [7, 11) is 0. The maximum atomic E-state index is 13.3. The van der Waals surface area contributed by atoms with Crippen LogP contribution in [-0.4, -0.2) is 24.2 Å². The van der Waals surface area contributed by atoms with Crippen LogP contribution in [0.5, 0.6) is 5.75 Å². The molecular formula is C20H19F3N2O4. The Bertz CT molecular complexity index is 909. The third kappa shape index (κ3) is 6.34. The summed E-state index contributed by atoms with van der Waals surface area (Å²) in [6, 6.07) is 9.12. The first-order valence-corrected chi connectivity index (χ1v) is 8.65. The number of carbonyl (C=O) groups excluding carboxylic acids is 3. The summed E-state index contributed by atoms with van der Waals surface area (Å²) in [4.78, 5) is 34.6. The molecule has 0 saturated heterocycles. The Balaban J connectivity index is 2.06. The van der Waals surface area contributed by atoms with E-state index < -0.39 is 35.8 Å². The van der Waals surface area contributed by atoms with Crippen LogP contribution in [0, 0.1) is 0 Å². The Morgan fingerprint density at radius 1 is 1.00 bits per heavy atom. The highest BCUT2D eigenvalue weighted by Crippen LogP contribution is 2.36. The minimum Gasteiger partial charge on any atom is -0.484 e. The second-order valence-corrected chi connectivity index (χ2v) is 6.08. The van der Waals surface area contributed by atoms with E-state index in [1.54, 1.807) is 19.1 Å². The van der Waals surface area contributed by atoms with Crippen LogP contribution in [0.3, 0.4) is 0 Å². The fourth-order valence-corrected chi connectivity index (χ4v) is 2.45. The van der Waals surface area contributed by atoms with E-state index in [0.29, 0.717) is 17.7 Å². The van der Waals surface area contributed by atoms with Gasteiger partial charge in [0.2, 0.25) is 5.91 Å². The standard InChI is InChI=1S/C20H19F3N2O4/c1-3-18(27)13-4-7-15(8-5-13)29-11-19(28)25-17-9-6-14(24-12(2)26)10-16(17)20(21,22)23/h4-10H,3,11H2,1-2H3,(H,24,26)(H,25,28). The molecule has 2 amide bonds. The average Bonchev–Trinajstić information content (AvgIpc) is 2.66. The van der Waals surface area contributed by atoms with Gasteiger partial charge in [0, 0.05) is 24.6 Å². The van der Waals surface area contributed by atoms with Crippen molar-refractivity contribution in [3.05, 3.63) is 53.6 Å². The van der Waals surface area contributed by atoms with Crippen LogP contribution in [0.1, 0.15) is 36.2 Å². The number of ether oxygens (including phenoxy) is 1. The smallest absolute Gasteiger partial charge is 0.418 e. The van der Waals surface area contributed by atoms with Gasteiger partial charge in [-0.2, -0.15) is 13.2 Å². The van der Waals surface area contributed by atoms with Gasteiger partial charge in [0.1, 0.15) is 5.75 Å². The number of rotatable bonds is 7. The Labute approximate surface area is 165 Å². The Kier molecular flexibility index (Phi) is 6.98. The van der Waals surface area contributed by atoms with Crippen molar-refractivity contribution in [2.45, 2.75) is 26.4 Å². The van der Waals surface area contributed by atoms with Crippen LogP contribution in [0.4, 0.5) is 24.5 Å². The molecule has 0 aliphatic heterocycles. The van der Waals surface area contributed by atoms with Crippen molar-refractivity contribution in [1.29, 1.82) is 0 Å². The van der Waals surface area contributed by atoms with Crippen LogP contribution in [0.25, 0.3) is 0 Å². The fraction of sp³-hybridized carbons (Fsp3) is 0.250. The van der Waals surface area contributed by atoms with E-state index in [2.05, 4.69) is 10.6 Å². The van der Waals surface area contributed by atoms with E-state index in [9.17, 15) is 27.6 Å². The number of carbonyl (C=O) groups is 3. The summed E-state index contributed by atoms with van der Waals surface area (Å²) in [6.45, 7) is 2.38. The molecule has 0 heterocycles. The zero-order valence-electron chi connectivity index (χ0n) is 15.7. The molecule has 0 unspecified atom stereocenters. The van der Waals surface area contributed by atoms with E-state index in [1.807, 2.05) is 0 Å². The quantitative estimate of drug-likeness (QED) is 0.670. The lowest BCUT2D eigenvalue weighted by Gasteiger charge is -2.16. The van der Waals surface area contributed by atoms with Gasteiger partial charge in [-0.3, -0.25) is 14.4 Å². The third-order valence-electron chi connectivity index (χ3n) is 3.79. The molecule has 0 fully saturated rings. The number of alkyl halides is 3. The molecule has 154 valence electrons. The molecule has 0 atom stereocenters. The first-order chi connectivity index (χ1) is 13.6. The van der Waals surface area contributed by atoms with Crippen LogP contribution < -0.4 is 15.4 Å². The predicted molar refractivity (Wildman–Crippen MR) is 101 cm³/mol. The number of anilines is 2. The number of hydrogen-bond donors (Lipinski definition) is 2. The zero-order valence-corrected chi connectivity index (χ0v) is 15.7. The molecule has 0 radical (unpaired) electrons. The monoisotopic (exact) mass is 408 g/mol. The summed E-state index contributed by atoms with van der Waals surface area (Å²) >= 11 is 0.